The van der Waals surface area contributed by atoms with E-state index >= 15 is 0 Å². The minimum absolute atomic E-state index is 0.222. The van der Waals surface area contributed by atoms with Crippen LogP contribution in [0.1, 0.15) is 44.5 Å². The van der Waals surface area contributed by atoms with Crippen molar-refractivity contribution in [3.8, 4) is 0 Å². The number of hydrogen-bond donors (Lipinski definition) is 1. The van der Waals surface area contributed by atoms with Crippen LogP contribution < -0.4 is 5.32 Å². The van der Waals surface area contributed by atoms with Gasteiger partial charge in [0.15, 0.2) is 0 Å². The normalized spacial score (nSPS) is 21.6. The molecule has 2 atom stereocenters. The topological polar surface area (TPSA) is 47.0 Å². The summed E-state index contributed by atoms with van der Waals surface area (Å²) in [4.78, 5) is 8.69. The SMILES string of the molecule is CCCNC(CC1CCCO1)c1ncccn1. The minimum atomic E-state index is 0.222. The van der Waals surface area contributed by atoms with Crippen molar-refractivity contribution in [2.24, 2.45) is 0 Å². The molecular formula is C13H21N3O. The van der Waals surface area contributed by atoms with E-state index in [1.807, 2.05) is 6.07 Å². The Morgan fingerprint density at radius 2 is 2.29 bits per heavy atom. The lowest BCUT2D eigenvalue weighted by molar-refractivity contribution is 0.0936. The lowest BCUT2D eigenvalue weighted by Crippen LogP contribution is -2.27. The van der Waals surface area contributed by atoms with Gasteiger partial charge in [0.25, 0.3) is 0 Å². The fourth-order valence-electron chi connectivity index (χ4n) is 2.18. The Balaban J connectivity index is 1.97. The maximum Gasteiger partial charge on any atom is 0.145 e. The third kappa shape index (κ3) is 3.75. The summed E-state index contributed by atoms with van der Waals surface area (Å²) in [5, 5.41) is 3.51. The molecular weight excluding hydrogens is 214 g/mol. The Morgan fingerprint density at radius 1 is 1.47 bits per heavy atom. The van der Waals surface area contributed by atoms with Crippen molar-refractivity contribution in [2.45, 2.75) is 44.8 Å². The fraction of sp³-hybridized carbons (Fsp3) is 0.692. The maximum absolute atomic E-state index is 5.69. The van der Waals surface area contributed by atoms with Crippen molar-refractivity contribution in [2.75, 3.05) is 13.2 Å². The van der Waals surface area contributed by atoms with E-state index in [4.69, 9.17) is 4.74 Å². The molecule has 0 bridgehead atoms. The summed E-state index contributed by atoms with van der Waals surface area (Å²) in [6.07, 6.45) is 8.42. The number of aromatic nitrogens is 2. The Bertz CT molecular complexity index is 312. The van der Waals surface area contributed by atoms with Gasteiger partial charge in [-0.15, -0.1) is 0 Å². The smallest absolute Gasteiger partial charge is 0.145 e. The molecule has 1 saturated heterocycles. The average molecular weight is 235 g/mol. The third-order valence-corrected chi connectivity index (χ3v) is 3.06. The molecule has 0 spiro atoms. The van der Waals surface area contributed by atoms with Crippen LogP contribution in [0.5, 0.6) is 0 Å². The highest BCUT2D eigenvalue weighted by Crippen LogP contribution is 2.23. The van der Waals surface area contributed by atoms with E-state index in [-0.39, 0.29) is 6.04 Å². The Labute approximate surface area is 103 Å². The quantitative estimate of drug-likeness (QED) is 0.820. The fourth-order valence-corrected chi connectivity index (χ4v) is 2.18. The zero-order valence-electron chi connectivity index (χ0n) is 10.4. The first-order valence-corrected chi connectivity index (χ1v) is 6.52. The van der Waals surface area contributed by atoms with E-state index in [2.05, 4.69) is 22.2 Å². The molecule has 0 aromatic carbocycles. The summed E-state index contributed by atoms with van der Waals surface area (Å²) < 4.78 is 5.69. The van der Waals surface area contributed by atoms with Crippen LogP contribution in [0, 0.1) is 0 Å². The van der Waals surface area contributed by atoms with Crippen LogP contribution in [0.25, 0.3) is 0 Å². The molecule has 1 aliphatic rings. The average Bonchev–Trinajstić information content (AvgIpc) is 2.88. The van der Waals surface area contributed by atoms with Gasteiger partial charge in [0.05, 0.1) is 12.1 Å². The zero-order valence-corrected chi connectivity index (χ0v) is 10.4. The van der Waals surface area contributed by atoms with Crippen molar-refractivity contribution in [1.82, 2.24) is 15.3 Å². The second-order valence-electron chi connectivity index (χ2n) is 4.48. The molecule has 0 radical (unpaired) electrons. The summed E-state index contributed by atoms with van der Waals surface area (Å²) in [5.41, 5.74) is 0. The third-order valence-electron chi connectivity index (χ3n) is 3.06. The van der Waals surface area contributed by atoms with Crippen molar-refractivity contribution in [3.05, 3.63) is 24.3 Å². The molecule has 4 nitrogen and oxygen atoms in total. The van der Waals surface area contributed by atoms with Crippen LogP contribution in [0.4, 0.5) is 0 Å². The molecule has 1 aliphatic heterocycles. The van der Waals surface area contributed by atoms with Crippen molar-refractivity contribution >= 4 is 0 Å². The first kappa shape index (κ1) is 12.5. The molecule has 2 rings (SSSR count). The molecule has 1 aromatic heterocycles. The number of rotatable bonds is 6. The van der Waals surface area contributed by atoms with E-state index in [1.54, 1.807) is 12.4 Å². The van der Waals surface area contributed by atoms with Crippen LogP contribution in [0.15, 0.2) is 18.5 Å². The van der Waals surface area contributed by atoms with Gasteiger partial charge < -0.3 is 10.1 Å². The van der Waals surface area contributed by atoms with Crippen LogP contribution in [0.3, 0.4) is 0 Å². The lowest BCUT2D eigenvalue weighted by atomic mass is 10.1. The van der Waals surface area contributed by atoms with Crippen LogP contribution in [-0.4, -0.2) is 29.2 Å². The minimum Gasteiger partial charge on any atom is -0.378 e. The standard InChI is InChI=1S/C13H21N3O/c1-2-6-14-12(10-11-5-3-9-17-11)13-15-7-4-8-16-13/h4,7-8,11-12,14H,2-3,5-6,9-10H2,1H3. The van der Waals surface area contributed by atoms with Crippen molar-refractivity contribution in [3.63, 3.8) is 0 Å². The van der Waals surface area contributed by atoms with E-state index in [1.165, 1.54) is 6.42 Å². The maximum atomic E-state index is 5.69. The Morgan fingerprint density at radius 3 is 2.94 bits per heavy atom. The van der Waals surface area contributed by atoms with Crippen molar-refractivity contribution < 1.29 is 4.74 Å². The van der Waals surface area contributed by atoms with Crippen LogP contribution >= 0.6 is 0 Å². The molecule has 94 valence electrons. The first-order valence-electron chi connectivity index (χ1n) is 6.52. The molecule has 0 saturated carbocycles. The highest BCUT2D eigenvalue weighted by atomic mass is 16.5. The molecule has 2 heterocycles. The second kappa shape index (κ2) is 6.67. The summed E-state index contributed by atoms with van der Waals surface area (Å²) in [6.45, 7) is 4.07. The predicted octanol–water partition coefficient (Wildman–Crippen LogP) is 2.09. The van der Waals surface area contributed by atoms with Gasteiger partial charge in [-0.05, 0) is 38.3 Å². The first-order chi connectivity index (χ1) is 8.40. The van der Waals surface area contributed by atoms with E-state index in [9.17, 15) is 0 Å². The molecule has 2 unspecified atom stereocenters. The summed E-state index contributed by atoms with van der Waals surface area (Å²) in [7, 11) is 0. The van der Waals surface area contributed by atoms with Gasteiger partial charge in [0.1, 0.15) is 5.82 Å². The number of nitrogens with zero attached hydrogens (tertiary/aromatic N) is 2. The monoisotopic (exact) mass is 235 g/mol. The highest BCUT2D eigenvalue weighted by Gasteiger charge is 2.22. The molecule has 0 amide bonds. The molecule has 1 aromatic rings. The lowest BCUT2D eigenvalue weighted by Gasteiger charge is -2.20. The number of hydrogen-bond acceptors (Lipinski definition) is 4. The summed E-state index contributed by atoms with van der Waals surface area (Å²) in [6, 6.07) is 2.08. The molecule has 4 heteroatoms. The number of ether oxygens (including phenoxy) is 1. The second-order valence-corrected chi connectivity index (χ2v) is 4.48. The Kier molecular flexibility index (Phi) is 4.88. The van der Waals surface area contributed by atoms with Gasteiger partial charge in [0, 0.05) is 19.0 Å². The molecule has 1 fully saturated rings. The van der Waals surface area contributed by atoms with Crippen LogP contribution in [-0.2, 0) is 4.74 Å². The van der Waals surface area contributed by atoms with Gasteiger partial charge in [-0.2, -0.15) is 0 Å². The Hall–Kier alpha value is -1.00. The van der Waals surface area contributed by atoms with E-state index in [0.29, 0.717) is 6.10 Å². The van der Waals surface area contributed by atoms with Crippen LogP contribution in [0.2, 0.25) is 0 Å². The van der Waals surface area contributed by atoms with Gasteiger partial charge >= 0.3 is 0 Å². The predicted molar refractivity (Wildman–Crippen MR) is 66.7 cm³/mol. The van der Waals surface area contributed by atoms with Gasteiger partial charge in [-0.1, -0.05) is 6.92 Å². The highest BCUT2D eigenvalue weighted by molar-refractivity contribution is 4.97. The van der Waals surface area contributed by atoms with E-state index < -0.39 is 0 Å². The summed E-state index contributed by atoms with van der Waals surface area (Å²) in [5.74, 6) is 0.886. The molecule has 1 N–H and O–H groups in total. The van der Waals surface area contributed by atoms with Gasteiger partial charge in [-0.3, -0.25) is 0 Å². The largest absolute Gasteiger partial charge is 0.378 e. The van der Waals surface area contributed by atoms with Crippen molar-refractivity contribution in [1.29, 1.82) is 0 Å². The summed E-state index contributed by atoms with van der Waals surface area (Å²) >= 11 is 0. The van der Waals surface area contributed by atoms with Gasteiger partial charge in [0.2, 0.25) is 0 Å². The zero-order chi connectivity index (χ0) is 11.9. The molecule has 17 heavy (non-hydrogen) atoms. The van der Waals surface area contributed by atoms with E-state index in [0.717, 1.165) is 38.2 Å². The number of nitrogens with one attached hydrogen (secondary N) is 1. The van der Waals surface area contributed by atoms with Gasteiger partial charge in [-0.25, -0.2) is 9.97 Å². The molecule has 0 aliphatic carbocycles.